The molecule has 0 radical (unpaired) electrons. The van der Waals surface area contributed by atoms with Gasteiger partial charge in [-0.05, 0) is 24.3 Å². The van der Waals surface area contributed by atoms with Crippen molar-refractivity contribution in [1.82, 2.24) is 9.80 Å². The van der Waals surface area contributed by atoms with Crippen LogP contribution in [0.15, 0.2) is 30.3 Å². The standard InChI is InChI=1S/C23H32N2O4/c26-23(18-6-8-27-9-7-18)25-13-19-12-24(20-15-28-10-11-29-16-20)14-21(19)22(25)17-4-2-1-3-5-17/h1-5,18-22H,6-16H2/t19-,21-,22+/m0/s1. The van der Waals surface area contributed by atoms with E-state index in [1.54, 1.807) is 0 Å². The lowest BCUT2D eigenvalue weighted by molar-refractivity contribution is -0.140. The fourth-order valence-electron chi connectivity index (χ4n) is 5.68. The molecule has 0 spiro atoms. The summed E-state index contributed by atoms with van der Waals surface area (Å²) in [6.07, 6.45) is 1.71. The Balaban J connectivity index is 1.36. The topological polar surface area (TPSA) is 51.2 Å². The second-order valence-corrected chi connectivity index (χ2v) is 8.91. The van der Waals surface area contributed by atoms with Crippen LogP contribution in [0.25, 0.3) is 0 Å². The minimum Gasteiger partial charge on any atom is -0.381 e. The summed E-state index contributed by atoms with van der Waals surface area (Å²) in [5.74, 6) is 1.45. The smallest absolute Gasteiger partial charge is 0.226 e. The van der Waals surface area contributed by atoms with Crippen LogP contribution in [-0.2, 0) is 19.0 Å². The summed E-state index contributed by atoms with van der Waals surface area (Å²) in [4.78, 5) is 18.2. The number of benzene rings is 1. The Labute approximate surface area is 173 Å². The Morgan fingerprint density at radius 3 is 2.31 bits per heavy atom. The maximum Gasteiger partial charge on any atom is 0.226 e. The highest BCUT2D eigenvalue weighted by Gasteiger charge is 2.51. The van der Waals surface area contributed by atoms with E-state index in [-0.39, 0.29) is 12.0 Å². The summed E-state index contributed by atoms with van der Waals surface area (Å²) < 4.78 is 17.0. The van der Waals surface area contributed by atoms with E-state index in [4.69, 9.17) is 14.2 Å². The van der Waals surface area contributed by atoms with Gasteiger partial charge in [-0.15, -0.1) is 0 Å². The first kappa shape index (κ1) is 19.5. The van der Waals surface area contributed by atoms with Crippen molar-refractivity contribution in [3.8, 4) is 0 Å². The lowest BCUT2D eigenvalue weighted by Gasteiger charge is -2.34. The maximum atomic E-state index is 13.5. The quantitative estimate of drug-likeness (QED) is 0.776. The van der Waals surface area contributed by atoms with Gasteiger partial charge in [-0.3, -0.25) is 9.69 Å². The van der Waals surface area contributed by atoms with Crippen LogP contribution in [0, 0.1) is 17.8 Å². The first-order valence-electron chi connectivity index (χ1n) is 11.1. The normalized spacial score (nSPS) is 32.3. The molecular formula is C23H32N2O4. The first-order chi connectivity index (χ1) is 14.3. The molecule has 0 saturated carbocycles. The zero-order chi connectivity index (χ0) is 19.6. The van der Waals surface area contributed by atoms with Gasteiger partial charge in [0, 0.05) is 44.7 Å². The number of hydrogen-bond donors (Lipinski definition) is 0. The van der Waals surface area contributed by atoms with E-state index in [1.165, 1.54) is 5.56 Å². The van der Waals surface area contributed by atoms with Crippen molar-refractivity contribution in [2.24, 2.45) is 17.8 Å². The van der Waals surface area contributed by atoms with Gasteiger partial charge in [-0.1, -0.05) is 30.3 Å². The molecule has 1 aromatic rings. The van der Waals surface area contributed by atoms with E-state index in [0.717, 1.165) is 45.7 Å². The van der Waals surface area contributed by atoms with Crippen molar-refractivity contribution >= 4 is 5.91 Å². The third-order valence-corrected chi connectivity index (χ3v) is 7.20. The second kappa shape index (κ2) is 8.72. The van der Waals surface area contributed by atoms with Gasteiger partial charge in [0.1, 0.15) is 0 Å². The number of amides is 1. The molecule has 0 aliphatic carbocycles. The van der Waals surface area contributed by atoms with Gasteiger partial charge < -0.3 is 19.1 Å². The lowest BCUT2D eigenvalue weighted by Crippen LogP contribution is -2.44. The van der Waals surface area contributed by atoms with Crippen LogP contribution in [0.4, 0.5) is 0 Å². The predicted octanol–water partition coefficient (Wildman–Crippen LogP) is 1.96. The van der Waals surface area contributed by atoms with Crippen molar-refractivity contribution in [3.05, 3.63) is 35.9 Å². The summed E-state index contributed by atoms with van der Waals surface area (Å²) in [5, 5.41) is 0. The lowest BCUT2D eigenvalue weighted by atomic mass is 9.89. The van der Waals surface area contributed by atoms with E-state index >= 15 is 0 Å². The number of carbonyl (C=O) groups excluding carboxylic acids is 1. The number of rotatable bonds is 3. The average molecular weight is 401 g/mol. The van der Waals surface area contributed by atoms with E-state index < -0.39 is 0 Å². The number of fused-ring (bicyclic) bond motifs is 1. The number of carbonyl (C=O) groups is 1. The van der Waals surface area contributed by atoms with Gasteiger partial charge >= 0.3 is 0 Å². The Kier molecular flexibility index (Phi) is 5.86. The Morgan fingerprint density at radius 2 is 1.59 bits per heavy atom. The van der Waals surface area contributed by atoms with Crippen LogP contribution in [0.1, 0.15) is 24.4 Å². The van der Waals surface area contributed by atoms with E-state index in [1.807, 2.05) is 0 Å². The minimum atomic E-state index is 0.119. The van der Waals surface area contributed by atoms with Gasteiger partial charge in [-0.2, -0.15) is 0 Å². The van der Waals surface area contributed by atoms with Crippen molar-refractivity contribution in [3.63, 3.8) is 0 Å². The van der Waals surface area contributed by atoms with Crippen LogP contribution >= 0.6 is 0 Å². The molecule has 4 aliphatic heterocycles. The fourth-order valence-corrected chi connectivity index (χ4v) is 5.68. The number of nitrogens with zero attached hydrogens (tertiary/aromatic N) is 2. The highest BCUT2D eigenvalue weighted by molar-refractivity contribution is 5.80. The molecule has 6 heteroatoms. The molecule has 4 aliphatic rings. The number of likely N-dealkylation sites (tertiary alicyclic amines) is 2. The van der Waals surface area contributed by atoms with Crippen LogP contribution in [-0.4, -0.2) is 81.0 Å². The van der Waals surface area contributed by atoms with Gasteiger partial charge in [0.05, 0.1) is 38.5 Å². The van der Waals surface area contributed by atoms with Crippen molar-refractivity contribution < 1.29 is 19.0 Å². The van der Waals surface area contributed by atoms with Crippen molar-refractivity contribution in [2.45, 2.75) is 24.9 Å². The number of ether oxygens (including phenoxy) is 3. The first-order valence-corrected chi connectivity index (χ1v) is 11.1. The van der Waals surface area contributed by atoms with Gasteiger partial charge in [-0.25, -0.2) is 0 Å². The van der Waals surface area contributed by atoms with Crippen molar-refractivity contribution in [1.29, 1.82) is 0 Å². The molecule has 1 aromatic carbocycles. The zero-order valence-corrected chi connectivity index (χ0v) is 17.1. The van der Waals surface area contributed by atoms with Gasteiger partial charge in [0.25, 0.3) is 0 Å². The SMILES string of the molecule is O=C(C1CCOCC1)N1C[C@@H]2CN(C3COCCOC3)C[C@@H]2[C@H]1c1ccccc1. The van der Waals surface area contributed by atoms with Crippen LogP contribution in [0.2, 0.25) is 0 Å². The Morgan fingerprint density at radius 1 is 0.862 bits per heavy atom. The summed E-state index contributed by atoms with van der Waals surface area (Å²) in [6.45, 7) is 7.22. The third kappa shape index (κ3) is 3.96. The minimum absolute atomic E-state index is 0.119. The molecule has 0 N–H and O–H groups in total. The molecular weight excluding hydrogens is 368 g/mol. The monoisotopic (exact) mass is 400 g/mol. The summed E-state index contributed by atoms with van der Waals surface area (Å²) in [5.41, 5.74) is 1.27. The van der Waals surface area contributed by atoms with E-state index in [9.17, 15) is 4.79 Å². The van der Waals surface area contributed by atoms with Gasteiger partial charge in [0.15, 0.2) is 0 Å². The van der Waals surface area contributed by atoms with Crippen LogP contribution in [0.3, 0.4) is 0 Å². The summed E-state index contributed by atoms with van der Waals surface area (Å²) in [7, 11) is 0. The third-order valence-electron chi connectivity index (χ3n) is 7.20. The molecule has 158 valence electrons. The Bertz CT molecular complexity index is 685. The molecule has 5 rings (SSSR count). The maximum absolute atomic E-state index is 13.5. The zero-order valence-electron chi connectivity index (χ0n) is 17.1. The molecule has 6 nitrogen and oxygen atoms in total. The molecule has 4 saturated heterocycles. The van der Waals surface area contributed by atoms with Crippen LogP contribution in [0.5, 0.6) is 0 Å². The molecule has 4 heterocycles. The highest BCUT2D eigenvalue weighted by atomic mass is 16.5. The molecule has 1 amide bonds. The molecule has 29 heavy (non-hydrogen) atoms. The summed E-state index contributed by atoms with van der Waals surface area (Å²) in [6, 6.07) is 11.1. The molecule has 4 fully saturated rings. The summed E-state index contributed by atoms with van der Waals surface area (Å²) >= 11 is 0. The van der Waals surface area contributed by atoms with Gasteiger partial charge in [0.2, 0.25) is 5.91 Å². The van der Waals surface area contributed by atoms with Crippen molar-refractivity contribution in [2.75, 3.05) is 59.3 Å². The molecule has 0 bridgehead atoms. The largest absolute Gasteiger partial charge is 0.381 e. The molecule has 3 atom stereocenters. The Hall–Kier alpha value is -1.47. The predicted molar refractivity (Wildman–Crippen MR) is 108 cm³/mol. The highest BCUT2D eigenvalue weighted by Crippen LogP contribution is 2.46. The van der Waals surface area contributed by atoms with E-state index in [2.05, 4.69) is 40.1 Å². The second-order valence-electron chi connectivity index (χ2n) is 8.91. The number of hydrogen-bond acceptors (Lipinski definition) is 5. The molecule has 0 unspecified atom stereocenters. The fraction of sp³-hybridized carbons (Fsp3) is 0.696. The molecule has 0 aromatic heterocycles. The van der Waals surface area contributed by atoms with Crippen LogP contribution < -0.4 is 0 Å². The average Bonchev–Trinajstić information content (AvgIpc) is 3.21. The van der Waals surface area contributed by atoms with E-state index in [0.29, 0.717) is 50.2 Å².